The van der Waals surface area contributed by atoms with Crippen molar-refractivity contribution in [2.24, 2.45) is 5.92 Å². The smallest absolute Gasteiger partial charge is 0.0167 e. The second-order valence-corrected chi connectivity index (χ2v) is 6.37. The van der Waals surface area contributed by atoms with Gasteiger partial charge >= 0.3 is 0 Å². The molecule has 0 spiro atoms. The predicted octanol–water partition coefficient (Wildman–Crippen LogP) is 5.54. The fourth-order valence-corrected chi connectivity index (χ4v) is 2.54. The van der Waals surface area contributed by atoms with Gasteiger partial charge in [0.2, 0.25) is 0 Å². The van der Waals surface area contributed by atoms with Gasteiger partial charge in [-0.2, -0.15) is 0 Å². The fourth-order valence-electron chi connectivity index (χ4n) is 2.54. The highest BCUT2D eigenvalue weighted by atomic mass is 14.2. The molecule has 0 heterocycles. The predicted molar refractivity (Wildman–Crippen MR) is 80.8 cm³/mol. The van der Waals surface area contributed by atoms with E-state index < -0.39 is 0 Å². The van der Waals surface area contributed by atoms with Crippen LogP contribution in [0.4, 0.5) is 0 Å². The number of fused-ring (bicyclic) bond motifs is 1. The van der Waals surface area contributed by atoms with E-state index in [0.29, 0.717) is 17.8 Å². The molecule has 0 aromatic heterocycles. The zero-order valence-electron chi connectivity index (χ0n) is 12.5. The summed E-state index contributed by atoms with van der Waals surface area (Å²) in [6.45, 7) is 13.7. The molecule has 1 aliphatic carbocycles. The molecule has 0 N–H and O–H groups in total. The van der Waals surface area contributed by atoms with Crippen LogP contribution in [0.1, 0.15) is 75.6 Å². The Hall–Kier alpha value is -1.04. The van der Waals surface area contributed by atoms with Crippen molar-refractivity contribution in [1.29, 1.82) is 0 Å². The molecule has 0 amide bonds. The molecular weight excluding hydrogens is 216 g/mol. The molecule has 0 atom stereocenters. The summed E-state index contributed by atoms with van der Waals surface area (Å²) in [5, 5.41) is 0. The largest absolute Gasteiger partial charge is 0.0590 e. The standard InChI is InChI=1S/C18H25/c1-11(2)14-7-16-8-15(12(3)4)10-18(16)17(9-14)13(5)6/h7-13H,1-6H3. The minimum atomic E-state index is 0.591. The van der Waals surface area contributed by atoms with Crippen molar-refractivity contribution in [2.45, 2.75) is 53.4 Å². The van der Waals surface area contributed by atoms with Gasteiger partial charge < -0.3 is 0 Å². The van der Waals surface area contributed by atoms with Gasteiger partial charge in [0.05, 0.1) is 0 Å². The maximum absolute atomic E-state index is 2.40. The maximum atomic E-state index is 2.40. The summed E-state index contributed by atoms with van der Waals surface area (Å²) >= 11 is 0. The Balaban J connectivity index is 2.52. The van der Waals surface area contributed by atoms with Gasteiger partial charge in [0, 0.05) is 6.42 Å². The molecule has 0 saturated heterocycles. The normalized spacial score (nSPS) is 14.6. The third-order valence-electron chi connectivity index (χ3n) is 3.85. The Kier molecular flexibility index (Phi) is 3.66. The molecule has 0 saturated carbocycles. The van der Waals surface area contributed by atoms with Crippen molar-refractivity contribution in [3.05, 3.63) is 46.4 Å². The first-order chi connectivity index (χ1) is 8.40. The van der Waals surface area contributed by atoms with Gasteiger partial charge in [0.1, 0.15) is 0 Å². The number of allylic oxidation sites excluding steroid dienone is 1. The van der Waals surface area contributed by atoms with Crippen molar-refractivity contribution >= 4 is 6.08 Å². The van der Waals surface area contributed by atoms with E-state index in [1.54, 1.807) is 0 Å². The molecular formula is C18H25. The number of hydrogen-bond acceptors (Lipinski definition) is 0. The van der Waals surface area contributed by atoms with Crippen LogP contribution in [0.25, 0.3) is 6.08 Å². The van der Waals surface area contributed by atoms with Crippen LogP contribution < -0.4 is 0 Å². The number of benzene rings is 1. The van der Waals surface area contributed by atoms with Gasteiger partial charge in [-0.05, 0) is 40.0 Å². The second kappa shape index (κ2) is 4.91. The van der Waals surface area contributed by atoms with Crippen LogP contribution in [0.2, 0.25) is 0 Å². The lowest BCUT2D eigenvalue weighted by Gasteiger charge is -2.16. The van der Waals surface area contributed by atoms with Crippen molar-refractivity contribution in [2.75, 3.05) is 0 Å². The molecule has 0 aliphatic heterocycles. The lowest BCUT2D eigenvalue weighted by Crippen LogP contribution is -1.98. The molecule has 0 bridgehead atoms. The first-order valence-electron chi connectivity index (χ1n) is 7.14. The third-order valence-corrected chi connectivity index (χ3v) is 3.85. The molecule has 97 valence electrons. The van der Waals surface area contributed by atoms with E-state index in [0.717, 1.165) is 0 Å². The summed E-state index contributed by atoms with van der Waals surface area (Å²) in [4.78, 5) is 0. The molecule has 1 aliphatic rings. The summed E-state index contributed by atoms with van der Waals surface area (Å²) in [5.74, 6) is 1.80. The average molecular weight is 241 g/mol. The molecule has 2 rings (SSSR count). The highest BCUT2D eigenvalue weighted by Gasteiger charge is 2.21. The van der Waals surface area contributed by atoms with E-state index in [-0.39, 0.29) is 0 Å². The summed E-state index contributed by atoms with van der Waals surface area (Å²) in [5.41, 5.74) is 7.31. The SMILES string of the molecule is CC(C)C1=Cc2c(cc(C(C)C)cc2C(C)C)[CH]1. The molecule has 0 heteroatoms. The molecule has 1 radical (unpaired) electrons. The highest BCUT2D eigenvalue weighted by molar-refractivity contribution is 5.73. The first kappa shape index (κ1) is 13.4. The van der Waals surface area contributed by atoms with Crippen LogP contribution in [-0.2, 0) is 0 Å². The van der Waals surface area contributed by atoms with E-state index in [1.807, 2.05) is 0 Å². The van der Waals surface area contributed by atoms with E-state index >= 15 is 0 Å². The van der Waals surface area contributed by atoms with E-state index in [1.165, 1.54) is 27.8 Å². The minimum Gasteiger partial charge on any atom is -0.0590 e. The van der Waals surface area contributed by atoms with Crippen LogP contribution in [-0.4, -0.2) is 0 Å². The fraction of sp³-hybridized carbons (Fsp3) is 0.500. The highest BCUT2D eigenvalue weighted by Crippen LogP contribution is 2.37. The van der Waals surface area contributed by atoms with Crippen LogP contribution in [0.3, 0.4) is 0 Å². The Morgan fingerprint density at radius 3 is 1.94 bits per heavy atom. The molecule has 1 aromatic carbocycles. The van der Waals surface area contributed by atoms with Crippen molar-refractivity contribution < 1.29 is 0 Å². The van der Waals surface area contributed by atoms with Crippen molar-refractivity contribution in [1.82, 2.24) is 0 Å². The van der Waals surface area contributed by atoms with E-state index in [4.69, 9.17) is 0 Å². The minimum absolute atomic E-state index is 0.591. The van der Waals surface area contributed by atoms with Crippen molar-refractivity contribution in [3.8, 4) is 0 Å². The van der Waals surface area contributed by atoms with Gasteiger partial charge in [0.15, 0.2) is 0 Å². The molecule has 1 aromatic rings. The average Bonchev–Trinajstić information content (AvgIpc) is 2.70. The first-order valence-corrected chi connectivity index (χ1v) is 7.14. The van der Waals surface area contributed by atoms with Crippen LogP contribution in [0.15, 0.2) is 17.7 Å². The zero-order valence-corrected chi connectivity index (χ0v) is 12.5. The van der Waals surface area contributed by atoms with Gasteiger partial charge in [-0.15, -0.1) is 0 Å². The monoisotopic (exact) mass is 241 g/mol. The van der Waals surface area contributed by atoms with E-state index in [9.17, 15) is 0 Å². The Morgan fingerprint density at radius 1 is 0.778 bits per heavy atom. The summed E-state index contributed by atoms with van der Waals surface area (Å²) in [6, 6.07) is 4.78. The third kappa shape index (κ3) is 2.39. The molecule has 0 unspecified atom stereocenters. The number of rotatable bonds is 3. The topological polar surface area (TPSA) is 0 Å². The number of hydrogen-bond donors (Lipinski definition) is 0. The van der Waals surface area contributed by atoms with Crippen LogP contribution in [0, 0.1) is 12.3 Å². The van der Waals surface area contributed by atoms with Gasteiger partial charge in [-0.3, -0.25) is 0 Å². The quantitative estimate of drug-likeness (QED) is 0.652. The maximum Gasteiger partial charge on any atom is 0.0167 e. The van der Waals surface area contributed by atoms with Gasteiger partial charge in [-0.1, -0.05) is 65.3 Å². The van der Waals surface area contributed by atoms with Gasteiger partial charge in [0.25, 0.3) is 0 Å². The van der Waals surface area contributed by atoms with Crippen LogP contribution in [0.5, 0.6) is 0 Å². The summed E-state index contributed by atoms with van der Waals surface area (Å²) < 4.78 is 0. The second-order valence-electron chi connectivity index (χ2n) is 6.37. The summed E-state index contributed by atoms with van der Waals surface area (Å²) in [6.07, 6.45) is 4.76. The Labute approximate surface area is 112 Å². The summed E-state index contributed by atoms with van der Waals surface area (Å²) in [7, 11) is 0. The van der Waals surface area contributed by atoms with Crippen LogP contribution >= 0.6 is 0 Å². The van der Waals surface area contributed by atoms with Crippen molar-refractivity contribution in [3.63, 3.8) is 0 Å². The molecule has 18 heavy (non-hydrogen) atoms. The van der Waals surface area contributed by atoms with Gasteiger partial charge in [-0.25, -0.2) is 0 Å². The van der Waals surface area contributed by atoms with E-state index in [2.05, 4.69) is 66.2 Å². The molecule has 0 fully saturated rings. The lowest BCUT2D eigenvalue weighted by atomic mass is 9.89. The Bertz CT molecular complexity index is 473. The molecule has 0 nitrogen and oxygen atoms in total. The lowest BCUT2D eigenvalue weighted by molar-refractivity contribution is 0.789. The zero-order chi connectivity index (χ0) is 13.4. The Morgan fingerprint density at radius 2 is 1.44 bits per heavy atom.